The lowest BCUT2D eigenvalue weighted by Crippen LogP contribution is -2.48. The fraction of sp³-hybridized carbons (Fsp3) is 0.300. The molecule has 0 saturated carbocycles. The molecule has 3 aromatic rings. The van der Waals surface area contributed by atoms with Crippen LogP contribution < -0.4 is 4.90 Å². The van der Waals surface area contributed by atoms with Crippen LogP contribution in [-0.2, 0) is 0 Å². The summed E-state index contributed by atoms with van der Waals surface area (Å²) in [5.41, 5.74) is 2.96. The number of thiazole rings is 1. The van der Waals surface area contributed by atoms with E-state index in [9.17, 15) is 4.79 Å². The van der Waals surface area contributed by atoms with Crippen molar-refractivity contribution in [2.24, 2.45) is 0 Å². The SMILES string of the molecule is CSc1ccc2nc(N3CCN(C(=O)c4cccc(C)c4)CC3)sc2c1. The first-order chi connectivity index (χ1) is 12.6. The van der Waals surface area contributed by atoms with Crippen molar-refractivity contribution in [2.45, 2.75) is 11.8 Å². The van der Waals surface area contributed by atoms with Gasteiger partial charge in [-0.3, -0.25) is 4.79 Å². The van der Waals surface area contributed by atoms with Gasteiger partial charge in [-0.15, -0.1) is 11.8 Å². The molecular weight excluding hydrogens is 362 g/mol. The van der Waals surface area contributed by atoms with Gasteiger partial charge in [-0.2, -0.15) is 0 Å². The molecule has 1 fully saturated rings. The molecule has 0 atom stereocenters. The second-order valence-corrected chi connectivity index (χ2v) is 8.37. The zero-order chi connectivity index (χ0) is 18.1. The van der Waals surface area contributed by atoms with Crippen molar-refractivity contribution in [2.75, 3.05) is 37.3 Å². The van der Waals surface area contributed by atoms with E-state index in [-0.39, 0.29) is 5.91 Å². The minimum absolute atomic E-state index is 0.127. The molecule has 1 saturated heterocycles. The first-order valence-corrected chi connectivity index (χ1v) is 10.7. The first kappa shape index (κ1) is 17.4. The maximum absolute atomic E-state index is 12.7. The van der Waals surface area contributed by atoms with Gasteiger partial charge in [0.1, 0.15) is 0 Å². The molecule has 1 aliphatic heterocycles. The Labute approximate surface area is 161 Å². The molecule has 0 radical (unpaired) electrons. The minimum Gasteiger partial charge on any atom is -0.345 e. The van der Waals surface area contributed by atoms with Gasteiger partial charge in [0, 0.05) is 36.6 Å². The first-order valence-electron chi connectivity index (χ1n) is 8.69. The number of piperazine rings is 1. The highest BCUT2D eigenvalue weighted by Crippen LogP contribution is 2.32. The van der Waals surface area contributed by atoms with Crippen LogP contribution in [0.2, 0.25) is 0 Å². The normalized spacial score (nSPS) is 14.8. The topological polar surface area (TPSA) is 36.4 Å². The average molecular weight is 384 g/mol. The van der Waals surface area contributed by atoms with E-state index in [1.807, 2.05) is 36.1 Å². The van der Waals surface area contributed by atoms with Crippen LogP contribution >= 0.6 is 23.1 Å². The third-order valence-corrected chi connectivity index (χ3v) is 6.49. The molecule has 0 N–H and O–H groups in total. The van der Waals surface area contributed by atoms with E-state index in [0.29, 0.717) is 0 Å². The van der Waals surface area contributed by atoms with Crippen LogP contribution in [0.4, 0.5) is 5.13 Å². The number of carbonyl (C=O) groups is 1. The number of carbonyl (C=O) groups excluding carboxylic acids is 1. The number of aryl methyl sites for hydroxylation is 1. The van der Waals surface area contributed by atoms with E-state index < -0.39 is 0 Å². The predicted octanol–water partition coefficient (Wildman–Crippen LogP) is 4.29. The van der Waals surface area contributed by atoms with Gasteiger partial charge >= 0.3 is 0 Å². The predicted molar refractivity (Wildman–Crippen MR) is 111 cm³/mol. The van der Waals surface area contributed by atoms with Gasteiger partial charge in [0.15, 0.2) is 5.13 Å². The van der Waals surface area contributed by atoms with Crippen LogP contribution in [0.1, 0.15) is 15.9 Å². The minimum atomic E-state index is 0.127. The third-order valence-electron chi connectivity index (χ3n) is 4.69. The van der Waals surface area contributed by atoms with Crippen LogP contribution in [0.3, 0.4) is 0 Å². The van der Waals surface area contributed by atoms with Gasteiger partial charge in [-0.1, -0.05) is 29.0 Å². The van der Waals surface area contributed by atoms with Crippen molar-refractivity contribution >= 4 is 44.4 Å². The van der Waals surface area contributed by atoms with E-state index in [4.69, 9.17) is 4.98 Å². The molecule has 26 heavy (non-hydrogen) atoms. The van der Waals surface area contributed by atoms with Crippen molar-refractivity contribution in [3.8, 4) is 0 Å². The molecule has 1 amide bonds. The summed E-state index contributed by atoms with van der Waals surface area (Å²) < 4.78 is 1.23. The lowest BCUT2D eigenvalue weighted by atomic mass is 10.1. The highest BCUT2D eigenvalue weighted by molar-refractivity contribution is 7.98. The molecule has 134 valence electrons. The summed E-state index contributed by atoms with van der Waals surface area (Å²) in [7, 11) is 0. The largest absolute Gasteiger partial charge is 0.345 e. The summed E-state index contributed by atoms with van der Waals surface area (Å²) >= 11 is 3.49. The Morgan fingerprint density at radius 2 is 1.92 bits per heavy atom. The molecular formula is C20H21N3OS2. The van der Waals surface area contributed by atoms with Gasteiger partial charge in [0.2, 0.25) is 0 Å². The lowest BCUT2D eigenvalue weighted by Gasteiger charge is -2.34. The number of rotatable bonds is 3. The summed E-state index contributed by atoms with van der Waals surface area (Å²) in [6, 6.07) is 14.3. The van der Waals surface area contributed by atoms with Crippen LogP contribution in [0, 0.1) is 6.92 Å². The van der Waals surface area contributed by atoms with Crippen LogP contribution in [0.25, 0.3) is 10.2 Å². The molecule has 6 heteroatoms. The van der Waals surface area contributed by atoms with Gasteiger partial charge in [-0.05, 0) is 43.5 Å². The Hall–Kier alpha value is -2.05. The summed E-state index contributed by atoms with van der Waals surface area (Å²) in [4.78, 5) is 23.0. The Morgan fingerprint density at radius 3 is 2.65 bits per heavy atom. The highest BCUT2D eigenvalue weighted by Gasteiger charge is 2.24. The average Bonchev–Trinajstić information content (AvgIpc) is 3.10. The van der Waals surface area contributed by atoms with Crippen LogP contribution in [0.15, 0.2) is 47.4 Å². The monoisotopic (exact) mass is 383 g/mol. The van der Waals surface area contributed by atoms with Crippen LogP contribution in [0.5, 0.6) is 0 Å². The van der Waals surface area contributed by atoms with Gasteiger partial charge in [-0.25, -0.2) is 4.98 Å². The number of hydrogen-bond acceptors (Lipinski definition) is 5. The number of anilines is 1. The fourth-order valence-corrected chi connectivity index (χ4v) is 4.79. The second-order valence-electron chi connectivity index (χ2n) is 6.48. The fourth-order valence-electron chi connectivity index (χ4n) is 3.22. The number of nitrogens with zero attached hydrogens (tertiary/aromatic N) is 3. The summed E-state index contributed by atoms with van der Waals surface area (Å²) in [6.45, 7) is 5.14. The van der Waals surface area contributed by atoms with E-state index in [2.05, 4.69) is 29.4 Å². The molecule has 2 aromatic carbocycles. The third kappa shape index (κ3) is 3.44. The van der Waals surface area contributed by atoms with E-state index >= 15 is 0 Å². The van der Waals surface area contributed by atoms with Gasteiger partial charge in [0.25, 0.3) is 5.91 Å². The zero-order valence-electron chi connectivity index (χ0n) is 14.9. The number of fused-ring (bicyclic) bond motifs is 1. The molecule has 1 aromatic heterocycles. The maximum atomic E-state index is 12.7. The van der Waals surface area contributed by atoms with Gasteiger partial charge in [0.05, 0.1) is 10.2 Å². The molecule has 0 aliphatic carbocycles. The van der Waals surface area contributed by atoms with Crippen molar-refractivity contribution in [3.63, 3.8) is 0 Å². The molecule has 4 nitrogen and oxygen atoms in total. The van der Waals surface area contributed by atoms with E-state index in [1.165, 1.54) is 9.60 Å². The quantitative estimate of drug-likeness (QED) is 0.632. The zero-order valence-corrected chi connectivity index (χ0v) is 16.6. The number of hydrogen-bond donors (Lipinski definition) is 0. The molecule has 0 spiro atoms. The Kier molecular flexibility index (Phi) is 4.87. The Bertz CT molecular complexity index is 945. The van der Waals surface area contributed by atoms with Gasteiger partial charge < -0.3 is 9.80 Å². The summed E-state index contributed by atoms with van der Waals surface area (Å²) in [5, 5.41) is 1.06. The summed E-state index contributed by atoms with van der Waals surface area (Å²) in [5.74, 6) is 0.127. The highest BCUT2D eigenvalue weighted by atomic mass is 32.2. The van der Waals surface area contributed by atoms with Crippen LogP contribution in [-0.4, -0.2) is 48.2 Å². The second kappa shape index (κ2) is 7.29. The van der Waals surface area contributed by atoms with Crippen molar-refractivity contribution in [1.82, 2.24) is 9.88 Å². The number of aromatic nitrogens is 1. The molecule has 4 rings (SSSR count). The molecule has 2 heterocycles. The molecule has 1 aliphatic rings. The molecule has 0 unspecified atom stereocenters. The van der Waals surface area contributed by atoms with Crippen molar-refractivity contribution in [3.05, 3.63) is 53.6 Å². The molecule has 0 bridgehead atoms. The maximum Gasteiger partial charge on any atom is 0.253 e. The smallest absolute Gasteiger partial charge is 0.253 e. The summed E-state index contributed by atoms with van der Waals surface area (Å²) in [6.07, 6.45) is 2.09. The number of benzene rings is 2. The van der Waals surface area contributed by atoms with Crippen molar-refractivity contribution < 1.29 is 4.79 Å². The number of thioether (sulfide) groups is 1. The Balaban J connectivity index is 1.45. The van der Waals surface area contributed by atoms with Crippen molar-refractivity contribution in [1.29, 1.82) is 0 Å². The standard InChI is InChI=1S/C20H21N3OS2/c1-14-4-3-5-15(12-14)19(24)22-8-10-23(11-9-22)20-21-17-7-6-16(25-2)13-18(17)26-20/h3-7,12-13H,8-11H2,1-2H3. The lowest BCUT2D eigenvalue weighted by molar-refractivity contribution is 0.0746. The Morgan fingerprint density at radius 1 is 1.12 bits per heavy atom. The number of amides is 1. The van der Waals surface area contributed by atoms with E-state index in [1.54, 1.807) is 23.1 Å². The van der Waals surface area contributed by atoms with E-state index in [0.717, 1.165) is 48.0 Å².